The van der Waals surface area contributed by atoms with E-state index in [2.05, 4.69) is 49.2 Å². The van der Waals surface area contributed by atoms with Crippen LogP contribution in [0.1, 0.15) is 18.3 Å². The van der Waals surface area contributed by atoms with Gasteiger partial charge in [-0.1, -0.05) is 0 Å². The summed E-state index contributed by atoms with van der Waals surface area (Å²) in [5.74, 6) is 0.825. The van der Waals surface area contributed by atoms with E-state index >= 15 is 0 Å². The Kier molecular flexibility index (Phi) is 5.10. The molecule has 0 amide bonds. The van der Waals surface area contributed by atoms with Crippen molar-refractivity contribution in [2.75, 3.05) is 12.4 Å². The maximum absolute atomic E-state index is 5.23. The van der Waals surface area contributed by atoms with Gasteiger partial charge in [0.15, 0.2) is 0 Å². The molecule has 0 aliphatic heterocycles. The van der Waals surface area contributed by atoms with E-state index < -0.39 is 0 Å². The summed E-state index contributed by atoms with van der Waals surface area (Å²) in [4.78, 5) is 0. The average Bonchev–Trinajstić information content (AvgIpc) is 2.72. The van der Waals surface area contributed by atoms with E-state index in [1.54, 1.807) is 7.11 Å². The van der Waals surface area contributed by atoms with Crippen LogP contribution in [0.25, 0.3) is 0 Å². The number of hydrogen-bond acceptors (Lipinski definition) is 3. The minimum atomic E-state index is 0.716. The fourth-order valence-corrected chi connectivity index (χ4v) is 2.96. The van der Waals surface area contributed by atoms with Crippen molar-refractivity contribution in [2.24, 2.45) is 0 Å². The van der Waals surface area contributed by atoms with Gasteiger partial charge in [-0.25, -0.2) is 0 Å². The SMILES string of the molecule is CCn1nc(C)c(Br)c1CNc1ccc(OC)c(Br)c1. The first-order valence-electron chi connectivity index (χ1n) is 6.36. The number of hydrogen-bond donors (Lipinski definition) is 1. The highest BCUT2D eigenvalue weighted by molar-refractivity contribution is 9.10. The zero-order valence-corrected chi connectivity index (χ0v) is 14.9. The molecule has 1 heterocycles. The minimum absolute atomic E-state index is 0.716. The lowest BCUT2D eigenvalue weighted by atomic mass is 10.3. The van der Waals surface area contributed by atoms with Crippen molar-refractivity contribution in [1.29, 1.82) is 0 Å². The van der Waals surface area contributed by atoms with Crippen LogP contribution in [0, 0.1) is 6.92 Å². The van der Waals surface area contributed by atoms with Crippen molar-refractivity contribution in [3.8, 4) is 5.75 Å². The quantitative estimate of drug-likeness (QED) is 0.807. The van der Waals surface area contributed by atoms with Crippen LogP contribution in [-0.4, -0.2) is 16.9 Å². The number of anilines is 1. The van der Waals surface area contributed by atoms with E-state index in [0.717, 1.165) is 38.3 Å². The van der Waals surface area contributed by atoms with E-state index in [4.69, 9.17) is 4.74 Å². The van der Waals surface area contributed by atoms with Crippen LogP contribution in [0.2, 0.25) is 0 Å². The van der Waals surface area contributed by atoms with Gasteiger partial charge < -0.3 is 10.1 Å². The summed E-state index contributed by atoms with van der Waals surface area (Å²) in [5, 5.41) is 7.89. The predicted molar refractivity (Wildman–Crippen MR) is 88.4 cm³/mol. The molecule has 4 nitrogen and oxygen atoms in total. The Bertz CT molecular complexity index is 611. The van der Waals surface area contributed by atoms with Crippen LogP contribution < -0.4 is 10.1 Å². The van der Waals surface area contributed by atoms with Crippen molar-refractivity contribution in [3.63, 3.8) is 0 Å². The van der Waals surface area contributed by atoms with Crippen molar-refractivity contribution < 1.29 is 4.74 Å². The molecule has 20 heavy (non-hydrogen) atoms. The lowest BCUT2D eigenvalue weighted by Crippen LogP contribution is -2.08. The molecule has 0 atom stereocenters. The van der Waals surface area contributed by atoms with Gasteiger partial charge in [0.1, 0.15) is 5.75 Å². The molecule has 0 unspecified atom stereocenters. The summed E-state index contributed by atoms with van der Waals surface area (Å²) >= 11 is 7.09. The highest BCUT2D eigenvalue weighted by atomic mass is 79.9. The number of benzene rings is 1. The topological polar surface area (TPSA) is 39.1 Å². The monoisotopic (exact) mass is 401 g/mol. The molecule has 1 N–H and O–H groups in total. The molecule has 6 heteroatoms. The molecule has 2 aromatic rings. The van der Waals surface area contributed by atoms with Gasteiger partial charge in [-0.3, -0.25) is 4.68 Å². The summed E-state index contributed by atoms with van der Waals surface area (Å²) in [5.41, 5.74) is 3.20. The largest absolute Gasteiger partial charge is 0.496 e. The first kappa shape index (κ1) is 15.4. The maximum atomic E-state index is 5.23. The van der Waals surface area contributed by atoms with Crippen LogP contribution in [0.15, 0.2) is 27.1 Å². The standard InChI is InChI=1S/C14H17Br2N3O/c1-4-19-12(14(16)9(2)18-19)8-17-10-5-6-13(20-3)11(15)7-10/h5-7,17H,4,8H2,1-3H3. The van der Waals surface area contributed by atoms with Gasteiger partial charge in [-0.15, -0.1) is 0 Å². The highest BCUT2D eigenvalue weighted by Gasteiger charge is 2.11. The molecule has 1 aromatic heterocycles. The normalized spacial score (nSPS) is 10.7. The Hall–Kier alpha value is -1.01. The Balaban J connectivity index is 2.14. The number of nitrogens with zero attached hydrogens (tertiary/aromatic N) is 2. The Morgan fingerprint density at radius 1 is 1.35 bits per heavy atom. The summed E-state index contributed by atoms with van der Waals surface area (Å²) in [6.07, 6.45) is 0. The summed E-state index contributed by atoms with van der Waals surface area (Å²) in [7, 11) is 1.66. The minimum Gasteiger partial charge on any atom is -0.496 e. The van der Waals surface area contributed by atoms with Gasteiger partial charge >= 0.3 is 0 Å². The highest BCUT2D eigenvalue weighted by Crippen LogP contribution is 2.28. The van der Waals surface area contributed by atoms with Crippen LogP contribution >= 0.6 is 31.9 Å². The molecule has 0 saturated heterocycles. The molecule has 0 radical (unpaired) electrons. The Morgan fingerprint density at radius 2 is 2.10 bits per heavy atom. The van der Waals surface area contributed by atoms with E-state index in [9.17, 15) is 0 Å². The number of aryl methyl sites for hydroxylation is 2. The summed E-state index contributed by atoms with van der Waals surface area (Å²) in [6.45, 7) is 5.67. The second-order valence-electron chi connectivity index (χ2n) is 4.36. The lowest BCUT2D eigenvalue weighted by molar-refractivity contribution is 0.412. The van der Waals surface area contributed by atoms with Gasteiger partial charge in [-0.2, -0.15) is 5.10 Å². The fraction of sp³-hybridized carbons (Fsp3) is 0.357. The van der Waals surface area contributed by atoms with E-state index in [0.29, 0.717) is 6.54 Å². The smallest absolute Gasteiger partial charge is 0.133 e. The molecule has 0 bridgehead atoms. The molecule has 0 aliphatic rings. The summed E-state index contributed by atoms with van der Waals surface area (Å²) in [6, 6.07) is 5.94. The molecule has 0 fully saturated rings. The van der Waals surface area contributed by atoms with Crippen LogP contribution in [-0.2, 0) is 13.1 Å². The molecular formula is C14H17Br2N3O. The third-order valence-electron chi connectivity index (χ3n) is 3.06. The van der Waals surface area contributed by atoms with Crippen molar-refractivity contribution in [2.45, 2.75) is 26.9 Å². The molecule has 0 saturated carbocycles. The Morgan fingerprint density at radius 3 is 2.70 bits per heavy atom. The predicted octanol–water partition coefficient (Wildman–Crippen LogP) is 4.36. The van der Waals surface area contributed by atoms with Gasteiger partial charge in [0.2, 0.25) is 0 Å². The molecule has 0 aliphatic carbocycles. The van der Waals surface area contributed by atoms with Gasteiger partial charge in [0.25, 0.3) is 0 Å². The fourth-order valence-electron chi connectivity index (χ4n) is 2.00. The van der Waals surface area contributed by atoms with E-state index in [1.165, 1.54) is 0 Å². The zero-order valence-electron chi connectivity index (χ0n) is 11.7. The molecule has 0 spiro atoms. The third kappa shape index (κ3) is 3.17. The van der Waals surface area contributed by atoms with Gasteiger partial charge in [0.05, 0.1) is 34.0 Å². The number of methoxy groups -OCH3 is 1. The molecule has 1 aromatic carbocycles. The maximum Gasteiger partial charge on any atom is 0.133 e. The zero-order chi connectivity index (χ0) is 14.7. The molecule has 108 valence electrons. The van der Waals surface area contributed by atoms with Crippen molar-refractivity contribution in [3.05, 3.63) is 38.5 Å². The molecular weight excluding hydrogens is 386 g/mol. The first-order chi connectivity index (χ1) is 9.56. The van der Waals surface area contributed by atoms with Gasteiger partial charge in [-0.05, 0) is 63.9 Å². The Labute approximate surface area is 135 Å². The van der Waals surface area contributed by atoms with E-state index in [1.807, 2.05) is 29.8 Å². The van der Waals surface area contributed by atoms with E-state index in [-0.39, 0.29) is 0 Å². The average molecular weight is 403 g/mol. The second kappa shape index (κ2) is 6.63. The van der Waals surface area contributed by atoms with Crippen molar-refractivity contribution >= 4 is 37.5 Å². The van der Waals surface area contributed by atoms with Crippen LogP contribution in [0.5, 0.6) is 5.75 Å². The number of rotatable bonds is 5. The number of ether oxygens (including phenoxy) is 1. The number of aromatic nitrogens is 2. The first-order valence-corrected chi connectivity index (χ1v) is 7.94. The second-order valence-corrected chi connectivity index (χ2v) is 6.01. The summed E-state index contributed by atoms with van der Waals surface area (Å²) < 4.78 is 9.23. The number of nitrogens with one attached hydrogen (secondary N) is 1. The molecule has 2 rings (SSSR count). The lowest BCUT2D eigenvalue weighted by Gasteiger charge is -2.10. The van der Waals surface area contributed by atoms with Gasteiger partial charge in [0, 0.05) is 12.2 Å². The number of halogens is 2. The van der Waals surface area contributed by atoms with Crippen LogP contribution in [0.3, 0.4) is 0 Å². The van der Waals surface area contributed by atoms with Crippen LogP contribution in [0.4, 0.5) is 5.69 Å². The van der Waals surface area contributed by atoms with Crippen molar-refractivity contribution in [1.82, 2.24) is 9.78 Å². The third-order valence-corrected chi connectivity index (χ3v) is 4.72.